The van der Waals surface area contributed by atoms with E-state index in [-0.39, 0.29) is 5.91 Å². The summed E-state index contributed by atoms with van der Waals surface area (Å²) in [5, 5.41) is 2.96. The molecular formula is C17H24N2O2. The first kappa shape index (κ1) is 14.2. The van der Waals surface area contributed by atoms with Gasteiger partial charge in [0.1, 0.15) is 12.4 Å². The number of carbonyl (C=O) groups is 1. The molecule has 2 aliphatic rings. The second-order valence-corrected chi connectivity index (χ2v) is 6.41. The van der Waals surface area contributed by atoms with Gasteiger partial charge in [-0.15, -0.1) is 0 Å². The van der Waals surface area contributed by atoms with Crippen molar-refractivity contribution in [2.24, 2.45) is 17.8 Å². The molecule has 0 radical (unpaired) electrons. The van der Waals surface area contributed by atoms with Gasteiger partial charge >= 0.3 is 0 Å². The van der Waals surface area contributed by atoms with E-state index in [1.807, 2.05) is 18.2 Å². The second kappa shape index (κ2) is 6.37. The molecule has 3 rings (SSSR count). The van der Waals surface area contributed by atoms with Crippen LogP contribution in [0, 0.1) is 17.8 Å². The Morgan fingerprint density at radius 2 is 2.24 bits per heavy atom. The fourth-order valence-corrected chi connectivity index (χ4v) is 3.90. The van der Waals surface area contributed by atoms with Crippen molar-refractivity contribution in [1.82, 2.24) is 5.32 Å². The lowest BCUT2D eigenvalue weighted by Crippen LogP contribution is -2.30. The molecule has 2 saturated carbocycles. The van der Waals surface area contributed by atoms with Crippen molar-refractivity contribution >= 4 is 11.6 Å². The van der Waals surface area contributed by atoms with Crippen LogP contribution in [0.25, 0.3) is 0 Å². The first-order valence-corrected chi connectivity index (χ1v) is 7.96. The fourth-order valence-electron chi connectivity index (χ4n) is 3.90. The van der Waals surface area contributed by atoms with Gasteiger partial charge in [0.15, 0.2) is 0 Å². The van der Waals surface area contributed by atoms with Gasteiger partial charge in [0, 0.05) is 18.2 Å². The Morgan fingerprint density at radius 1 is 1.33 bits per heavy atom. The number of fused-ring (bicyclic) bond motifs is 2. The summed E-state index contributed by atoms with van der Waals surface area (Å²) in [6.45, 7) is 1.03. The molecule has 2 aliphatic carbocycles. The minimum Gasteiger partial charge on any atom is -0.492 e. The number of benzene rings is 1. The van der Waals surface area contributed by atoms with E-state index in [0.29, 0.717) is 31.2 Å². The summed E-state index contributed by atoms with van der Waals surface area (Å²) in [6, 6.07) is 7.34. The molecule has 4 heteroatoms. The lowest BCUT2D eigenvalue weighted by molar-refractivity contribution is -0.122. The lowest BCUT2D eigenvalue weighted by Gasteiger charge is -2.20. The van der Waals surface area contributed by atoms with E-state index >= 15 is 0 Å². The first-order valence-electron chi connectivity index (χ1n) is 7.96. The average molecular weight is 288 g/mol. The normalized spacial score (nSPS) is 26.8. The second-order valence-electron chi connectivity index (χ2n) is 6.41. The molecule has 4 nitrogen and oxygen atoms in total. The highest BCUT2D eigenvalue weighted by atomic mass is 16.5. The monoisotopic (exact) mass is 288 g/mol. The van der Waals surface area contributed by atoms with Crippen molar-refractivity contribution in [3.05, 3.63) is 24.3 Å². The minimum atomic E-state index is 0.170. The van der Waals surface area contributed by atoms with Gasteiger partial charge in [-0.25, -0.2) is 0 Å². The molecule has 0 spiro atoms. The topological polar surface area (TPSA) is 64.3 Å². The Kier molecular flexibility index (Phi) is 4.32. The number of hydrogen-bond donors (Lipinski definition) is 2. The lowest BCUT2D eigenvalue weighted by atomic mass is 9.86. The van der Waals surface area contributed by atoms with Gasteiger partial charge in [-0.2, -0.15) is 0 Å². The van der Waals surface area contributed by atoms with Gasteiger partial charge in [0.25, 0.3) is 0 Å². The van der Waals surface area contributed by atoms with Crippen LogP contribution in [-0.4, -0.2) is 19.1 Å². The van der Waals surface area contributed by atoms with Crippen molar-refractivity contribution in [2.45, 2.75) is 32.1 Å². The van der Waals surface area contributed by atoms with Crippen LogP contribution < -0.4 is 15.8 Å². The largest absolute Gasteiger partial charge is 0.492 e. The molecule has 2 bridgehead atoms. The van der Waals surface area contributed by atoms with Crippen LogP contribution in [0.5, 0.6) is 5.75 Å². The zero-order valence-corrected chi connectivity index (χ0v) is 12.4. The molecule has 1 aromatic rings. The van der Waals surface area contributed by atoms with Crippen LogP contribution >= 0.6 is 0 Å². The van der Waals surface area contributed by atoms with Crippen LogP contribution in [0.15, 0.2) is 24.3 Å². The summed E-state index contributed by atoms with van der Waals surface area (Å²) >= 11 is 0. The molecule has 114 valence electrons. The fraction of sp³-hybridized carbons (Fsp3) is 0.588. The maximum absolute atomic E-state index is 12.0. The first-order chi connectivity index (χ1) is 10.2. The summed E-state index contributed by atoms with van der Waals surface area (Å²) in [5.74, 6) is 3.25. The number of carbonyl (C=O) groups excluding carboxylic acids is 1. The number of hydrogen-bond acceptors (Lipinski definition) is 3. The summed E-state index contributed by atoms with van der Waals surface area (Å²) < 4.78 is 5.56. The number of nitrogen functional groups attached to an aromatic ring is 1. The number of amides is 1. The SMILES string of the molecule is Nc1cccc(OCCNC(=O)CC2CC3CCC2C3)c1. The highest BCUT2D eigenvalue weighted by molar-refractivity contribution is 5.76. The van der Waals surface area contributed by atoms with Crippen LogP contribution in [0.4, 0.5) is 5.69 Å². The summed E-state index contributed by atoms with van der Waals surface area (Å²) in [6.07, 6.45) is 6.03. The van der Waals surface area contributed by atoms with Gasteiger partial charge in [-0.1, -0.05) is 12.5 Å². The summed E-state index contributed by atoms with van der Waals surface area (Å²) in [4.78, 5) is 12.0. The third-order valence-electron chi connectivity index (χ3n) is 4.88. The van der Waals surface area contributed by atoms with E-state index < -0.39 is 0 Å². The molecule has 0 saturated heterocycles. The maximum atomic E-state index is 12.0. The molecule has 3 unspecified atom stereocenters. The number of nitrogens with one attached hydrogen (secondary N) is 1. The van der Waals surface area contributed by atoms with Crippen molar-refractivity contribution in [3.63, 3.8) is 0 Å². The van der Waals surface area contributed by atoms with Crippen molar-refractivity contribution in [2.75, 3.05) is 18.9 Å². The Hall–Kier alpha value is -1.71. The maximum Gasteiger partial charge on any atom is 0.220 e. The van der Waals surface area contributed by atoms with Gasteiger partial charge in [0.2, 0.25) is 5.91 Å². The molecule has 0 aliphatic heterocycles. The van der Waals surface area contributed by atoms with E-state index in [1.165, 1.54) is 25.7 Å². The number of nitrogens with two attached hydrogens (primary N) is 1. The predicted octanol–water partition coefficient (Wildman–Crippen LogP) is 2.59. The molecule has 1 amide bonds. The van der Waals surface area contributed by atoms with E-state index in [2.05, 4.69) is 5.32 Å². The Bertz CT molecular complexity index is 503. The molecule has 0 aromatic heterocycles. The quantitative estimate of drug-likeness (QED) is 0.624. The van der Waals surface area contributed by atoms with E-state index in [0.717, 1.165) is 17.6 Å². The van der Waals surface area contributed by atoms with Gasteiger partial charge in [-0.05, 0) is 49.1 Å². The van der Waals surface area contributed by atoms with Crippen LogP contribution in [0.1, 0.15) is 32.1 Å². The third kappa shape index (κ3) is 3.69. The van der Waals surface area contributed by atoms with Gasteiger partial charge in [-0.3, -0.25) is 4.79 Å². The molecule has 3 N–H and O–H groups in total. The number of rotatable bonds is 6. The molecule has 21 heavy (non-hydrogen) atoms. The van der Waals surface area contributed by atoms with E-state index in [1.54, 1.807) is 6.07 Å². The molecule has 3 atom stereocenters. The molecule has 0 heterocycles. The van der Waals surface area contributed by atoms with Crippen LogP contribution in [0.2, 0.25) is 0 Å². The number of ether oxygens (including phenoxy) is 1. The highest BCUT2D eigenvalue weighted by Gasteiger charge is 2.39. The summed E-state index contributed by atoms with van der Waals surface area (Å²) in [5.41, 5.74) is 6.37. The number of anilines is 1. The van der Waals surface area contributed by atoms with Crippen molar-refractivity contribution in [1.29, 1.82) is 0 Å². The zero-order valence-electron chi connectivity index (χ0n) is 12.4. The minimum absolute atomic E-state index is 0.170. The van der Waals surface area contributed by atoms with Gasteiger partial charge in [0.05, 0.1) is 6.54 Å². The Morgan fingerprint density at radius 3 is 2.95 bits per heavy atom. The van der Waals surface area contributed by atoms with Crippen LogP contribution in [0.3, 0.4) is 0 Å². The highest BCUT2D eigenvalue weighted by Crippen LogP contribution is 2.49. The summed E-state index contributed by atoms with van der Waals surface area (Å²) in [7, 11) is 0. The standard InChI is InChI=1S/C17H24N2O2/c18-15-2-1-3-16(11-15)21-7-6-19-17(20)10-14-9-12-4-5-13(14)8-12/h1-3,11-14H,4-10,18H2,(H,19,20). The van der Waals surface area contributed by atoms with Gasteiger partial charge < -0.3 is 15.8 Å². The smallest absolute Gasteiger partial charge is 0.220 e. The predicted molar refractivity (Wildman–Crippen MR) is 82.9 cm³/mol. The molecule has 2 fully saturated rings. The van der Waals surface area contributed by atoms with E-state index in [9.17, 15) is 4.79 Å². The molecular weight excluding hydrogens is 264 g/mol. The van der Waals surface area contributed by atoms with E-state index in [4.69, 9.17) is 10.5 Å². The Labute approximate surface area is 126 Å². The van der Waals surface area contributed by atoms with Crippen LogP contribution in [-0.2, 0) is 4.79 Å². The van der Waals surface area contributed by atoms with Crippen molar-refractivity contribution < 1.29 is 9.53 Å². The molecule has 1 aromatic carbocycles. The zero-order chi connectivity index (χ0) is 14.7. The van der Waals surface area contributed by atoms with Crippen molar-refractivity contribution in [3.8, 4) is 5.75 Å². The Balaban J connectivity index is 1.33. The average Bonchev–Trinajstić information content (AvgIpc) is 3.06. The third-order valence-corrected chi connectivity index (χ3v) is 4.88.